The van der Waals surface area contributed by atoms with Gasteiger partial charge in [0, 0.05) is 0 Å². The Bertz CT molecular complexity index is 524. The summed E-state index contributed by atoms with van der Waals surface area (Å²) in [6.45, 7) is 3.16. The van der Waals surface area contributed by atoms with Gasteiger partial charge in [0.15, 0.2) is 0 Å². The number of aliphatic hydroxyl groups excluding tert-OH is 2. The monoisotopic (exact) mass is 249 g/mol. The molecule has 1 atom stereocenters. The third-order valence-electron chi connectivity index (χ3n) is 3.00. The lowest BCUT2D eigenvalue weighted by Crippen LogP contribution is -2.38. The van der Waals surface area contributed by atoms with Gasteiger partial charge in [0.05, 0.1) is 30.5 Å². The van der Waals surface area contributed by atoms with Crippen LogP contribution in [-0.2, 0) is 4.79 Å². The first-order valence-electron chi connectivity index (χ1n) is 5.72. The molecule has 1 heterocycles. The minimum atomic E-state index is -1.05. The molecule has 1 amide bonds. The molecule has 96 valence electrons. The van der Waals surface area contributed by atoms with Crippen LogP contribution in [0.15, 0.2) is 12.1 Å². The number of hydrogen-bond acceptors (Lipinski definition) is 4. The van der Waals surface area contributed by atoms with Crippen LogP contribution in [0.4, 0.5) is 5.69 Å². The Hall–Kier alpha value is -1.72. The number of β-amino-alcohol motifs (C(OH)–C–C–N with tert-alkyl or cyclic N) is 1. The lowest BCUT2D eigenvalue weighted by atomic mass is 10.0. The lowest BCUT2D eigenvalue weighted by molar-refractivity contribution is -0.114. The zero-order valence-corrected chi connectivity index (χ0v) is 10.3. The molecule has 5 nitrogen and oxygen atoms in total. The first-order valence-corrected chi connectivity index (χ1v) is 5.72. The van der Waals surface area contributed by atoms with Gasteiger partial charge in [-0.15, -0.1) is 0 Å². The number of nitrogens with zero attached hydrogens (tertiary/aromatic N) is 1. The average Bonchev–Trinajstić information content (AvgIpc) is 2.54. The molecule has 0 spiro atoms. The molecule has 2 rings (SSSR count). The number of aryl methyl sites for hydroxylation is 2. The fourth-order valence-electron chi connectivity index (χ4n) is 2.27. The van der Waals surface area contributed by atoms with E-state index < -0.39 is 24.4 Å². The normalized spacial score (nSPS) is 16.1. The van der Waals surface area contributed by atoms with E-state index in [1.54, 1.807) is 6.07 Å². The van der Waals surface area contributed by atoms with E-state index in [4.69, 9.17) is 5.11 Å². The van der Waals surface area contributed by atoms with Gasteiger partial charge in [0.2, 0.25) is 0 Å². The Morgan fingerprint density at radius 2 is 1.94 bits per heavy atom. The molecule has 0 saturated heterocycles. The van der Waals surface area contributed by atoms with Crippen molar-refractivity contribution in [3.8, 4) is 0 Å². The molecule has 5 heteroatoms. The highest BCUT2D eigenvalue weighted by Crippen LogP contribution is 2.33. The van der Waals surface area contributed by atoms with E-state index in [1.807, 2.05) is 19.9 Å². The highest BCUT2D eigenvalue weighted by molar-refractivity contribution is 6.52. The van der Waals surface area contributed by atoms with Crippen molar-refractivity contribution in [3.05, 3.63) is 28.8 Å². The Labute approximate surface area is 105 Å². The molecule has 0 bridgehead atoms. The predicted octanol–water partition coefficient (Wildman–Crippen LogP) is 0.186. The largest absolute Gasteiger partial charge is 0.394 e. The summed E-state index contributed by atoms with van der Waals surface area (Å²) < 4.78 is 0. The molecule has 0 aliphatic carbocycles. The van der Waals surface area contributed by atoms with Crippen molar-refractivity contribution in [3.63, 3.8) is 0 Å². The summed E-state index contributed by atoms with van der Waals surface area (Å²) in [5.74, 6) is -1.20. The number of anilines is 1. The second-order valence-electron chi connectivity index (χ2n) is 4.56. The number of carbonyl (C=O) groups excluding carboxylic acids is 2. The Kier molecular flexibility index (Phi) is 3.19. The zero-order valence-electron chi connectivity index (χ0n) is 10.3. The van der Waals surface area contributed by atoms with Gasteiger partial charge in [0.1, 0.15) is 0 Å². The highest BCUT2D eigenvalue weighted by atomic mass is 16.3. The number of aliphatic hydroxyl groups is 2. The fraction of sp³-hybridized carbons (Fsp3) is 0.385. The number of Topliss-reactive ketones (excluding diaryl/α,β-unsaturated/α-hetero) is 1. The smallest absolute Gasteiger partial charge is 0.299 e. The van der Waals surface area contributed by atoms with Crippen molar-refractivity contribution in [1.29, 1.82) is 0 Å². The maximum absolute atomic E-state index is 11.9. The van der Waals surface area contributed by atoms with Crippen molar-refractivity contribution in [2.24, 2.45) is 0 Å². The van der Waals surface area contributed by atoms with Gasteiger partial charge in [0.25, 0.3) is 11.7 Å². The standard InChI is InChI=1S/C13H15NO4/c1-7-3-8(2)11-10(4-7)12(17)13(18)14(11)5-9(16)6-15/h3-4,9,15-16H,5-6H2,1-2H3. The van der Waals surface area contributed by atoms with Crippen LogP contribution in [0.2, 0.25) is 0 Å². The maximum atomic E-state index is 11.9. The molecule has 2 N–H and O–H groups in total. The lowest BCUT2D eigenvalue weighted by Gasteiger charge is -2.21. The minimum absolute atomic E-state index is 0.0715. The third-order valence-corrected chi connectivity index (χ3v) is 3.00. The summed E-state index contributed by atoms with van der Waals surface area (Å²) in [6.07, 6.45) is -1.05. The topological polar surface area (TPSA) is 77.8 Å². The third kappa shape index (κ3) is 1.91. The van der Waals surface area contributed by atoms with E-state index in [2.05, 4.69) is 0 Å². The zero-order chi connectivity index (χ0) is 13.4. The van der Waals surface area contributed by atoms with Crippen molar-refractivity contribution in [2.45, 2.75) is 20.0 Å². The van der Waals surface area contributed by atoms with Crippen LogP contribution in [0.1, 0.15) is 21.5 Å². The molecule has 0 radical (unpaired) electrons. The van der Waals surface area contributed by atoms with Crippen molar-refractivity contribution < 1.29 is 19.8 Å². The average molecular weight is 249 g/mol. The molecule has 0 saturated carbocycles. The molecule has 1 unspecified atom stereocenters. The molecule has 1 aromatic rings. The van der Waals surface area contributed by atoms with Gasteiger partial charge in [-0.2, -0.15) is 0 Å². The molecule has 1 aromatic carbocycles. The summed E-state index contributed by atoms with van der Waals surface area (Å²) in [7, 11) is 0. The van der Waals surface area contributed by atoms with Crippen LogP contribution in [0.3, 0.4) is 0 Å². The van der Waals surface area contributed by atoms with E-state index in [-0.39, 0.29) is 6.54 Å². The Morgan fingerprint density at radius 3 is 2.56 bits per heavy atom. The number of benzene rings is 1. The molecule has 0 aromatic heterocycles. The molecular weight excluding hydrogens is 234 g/mol. The van der Waals surface area contributed by atoms with Crippen LogP contribution in [0, 0.1) is 13.8 Å². The number of carbonyl (C=O) groups is 2. The van der Waals surface area contributed by atoms with Gasteiger partial charge < -0.3 is 15.1 Å². The fourth-order valence-corrected chi connectivity index (χ4v) is 2.27. The van der Waals surface area contributed by atoms with Crippen LogP contribution < -0.4 is 4.90 Å². The SMILES string of the molecule is Cc1cc(C)c2c(c1)C(=O)C(=O)N2CC(O)CO. The minimum Gasteiger partial charge on any atom is -0.394 e. The van der Waals surface area contributed by atoms with E-state index in [0.717, 1.165) is 11.1 Å². The van der Waals surface area contributed by atoms with Gasteiger partial charge in [-0.1, -0.05) is 6.07 Å². The number of fused-ring (bicyclic) bond motifs is 1. The van der Waals surface area contributed by atoms with Crippen LogP contribution >= 0.6 is 0 Å². The molecular formula is C13H15NO4. The quantitative estimate of drug-likeness (QED) is 0.749. The van der Waals surface area contributed by atoms with Gasteiger partial charge >= 0.3 is 0 Å². The van der Waals surface area contributed by atoms with E-state index in [1.165, 1.54) is 4.90 Å². The van der Waals surface area contributed by atoms with Crippen LogP contribution in [-0.4, -0.2) is 41.2 Å². The predicted molar refractivity (Wildman–Crippen MR) is 65.7 cm³/mol. The van der Waals surface area contributed by atoms with E-state index in [9.17, 15) is 14.7 Å². The van der Waals surface area contributed by atoms with Gasteiger partial charge in [-0.05, 0) is 31.0 Å². The first-order chi connectivity index (χ1) is 8.45. The molecule has 1 aliphatic rings. The van der Waals surface area contributed by atoms with Gasteiger partial charge in [-0.3, -0.25) is 9.59 Å². The molecule has 0 fully saturated rings. The second-order valence-corrected chi connectivity index (χ2v) is 4.56. The van der Waals surface area contributed by atoms with E-state index >= 15 is 0 Å². The van der Waals surface area contributed by atoms with Crippen molar-refractivity contribution in [2.75, 3.05) is 18.1 Å². The summed E-state index contributed by atoms with van der Waals surface area (Å²) in [5, 5.41) is 18.3. The number of amides is 1. The Morgan fingerprint density at radius 1 is 1.28 bits per heavy atom. The number of ketones is 1. The first kappa shape index (κ1) is 12.7. The van der Waals surface area contributed by atoms with Crippen LogP contribution in [0.5, 0.6) is 0 Å². The molecule has 18 heavy (non-hydrogen) atoms. The highest BCUT2D eigenvalue weighted by Gasteiger charge is 2.37. The van der Waals surface area contributed by atoms with Gasteiger partial charge in [-0.25, -0.2) is 0 Å². The van der Waals surface area contributed by atoms with Crippen molar-refractivity contribution >= 4 is 17.4 Å². The maximum Gasteiger partial charge on any atom is 0.299 e. The summed E-state index contributed by atoms with van der Waals surface area (Å²) in [4.78, 5) is 25.0. The summed E-state index contributed by atoms with van der Waals surface area (Å²) in [6, 6.07) is 3.55. The summed E-state index contributed by atoms with van der Waals surface area (Å²) >= 11 is 0. The van der Waals surface area contributed by atoms with E-state index in [0.29, 0.717) is 11.3 Å². The van der Waals surface area contributed by atoms with Crippen LogP contribution in [0.25, 0.3) is 0 Å². The number of hydrogen-bond donors (Lipinski definition) is 2. The Balaban J connectivity index is 2.48. The molecule has 1 aliphatic heterocycles. The number of rotatable bonds is 3. The van der Waals surface area contributed by atoms with Crippen molar-refractivity contribution in [1.82, 2.24) is 0 Å². The summed E-state index contributed by atoms with van der Waals surface area (Å²) in [5.41, 5.74) is 2.65. The second kappa shape index (κ2) is 4.51.